The highest BCUT2D eigenvalue weighted by Crippen LogP contribution is 2.44. The number of ether oxygens (including phenoxy) is 2. The third-order valence-electron chi connectivity index (χ3n) is 4.10. The van der Waals surface area contributed by atoms with Crippen LogP contribution in [0.4, 0.5) is 0 Å². The molecule has 4 fully saturated rings. The van der Waals surface area contributed by atoms with Gasteiger partial charge in [-0.15, -0.1) is 0 Å². The largest absolute Gasteiger partial charge is 0.378 e. The lowest BCUT2D eigenvalue weighted by molar-refractivity contribution is -0.207. The molecule has 4 rings (SSSR count). The Morgan fingerprint density at radius 2 is 1.75 bits per heavy atom. The molecule has 92 valence electrons. The van der Waals surface area contributed by atoms with E-state index in [1.807, 2.05) is 0 Å². The standard InChI is InChI=1S/C13H23NO2/c1-13(2,3)16-12-9-4-10(12)6-14(5-9)11-7-15-8-11/h9-12H,4-8H2,1-3H3. The van der Waals surface area contributed by atoms with Crippen LogP contribution in [0.5, 0.6) is 0 Å². The number of hydrogen-bond donors (Lipinski definition) is 0. The van der Waals surface area contributed by atoms with Gasteiger partial charge in [0, 0.05) is 13.1 Å². The molecule has 2 atom stereocenters. The minimum Gasteiger partial charge on any atom is -0.378 e. The van der Waals surface area contributed by atoms with Crippen molar-refractivity contribution < 1.29 is 9.47 Å². The Morgan fingerprint density at radius 1 is 1.12 bits per heavy atom. The van der Waals surface area contributed by atoms with Crippen LogP contribution in [0.15, 0.2) is 0 Å². The summed E-state index contributed by atoms with van der Waals surface area (Å²) in [4.78, 5) is 2.62. The highest BCUT2D eigenvalue weighted by Gasteiger charge is 2.50. The van der Waals surface area contributed by atoms with Gasteiger partial charge in [-0.05, 0) is 39.0 Å². The van der Waals surface area contributed by atoms with E-state index in [9.17, 15) is 0 Å². The highest BCUT2D eigenvalue weighted by atomic mass is 16.5. The van der Waals surface area contributed by atoms with Crippen LogP contribution in [0, 0.1) is 11.8 Å². The SMILES string of the molecule is CC(C)(C)OC1C2CC1CN(C1COC1)C2. The van der Waals surface area contributed by atoms with Gasteiger partial charge in [0.05, 0.1) is 31.0 Å². The molecule has 0 aromatic rings. The van der Waals surface area contributed by atoms with E-state index in [0.29, 0.717) is 12.1 Å². The van der Waals surface area contributed by atoms with Gasteiger partial charge in [-0.3, -0.25) is 4.90 Å². The molecule has 2 unspecified atom stereocenters. The Hall–Kier alpha value is -0.120. The van der Waals surface area contributed by atoms with Crippen molar-refractivity contribution in [2.45, 2.75) is 44.9 Å². The quantitative estimate of drug-likeness (QED) is 0.711. The van der Waals surface area contributed by atoms with Crippen LogP contribution in [0.2, 0.25) is 0 Å². The topological polar surface area (TPSA) is 21.7 Å². The molecule has 3 saturated heterocycles. The Kier molecular flexibility index (Phi) is 2.54. The Bertz CT molecular complexity index is 258. The molecule has 1 aliphatic carbocycles. The van der Waals surface area contributed by atoms with Crippen LogP contribution in [0.1, 0.15) is 27.2 Å². The molecule has 0 radical (unpaired) electrons. The lowest BCUT2D eigenvalue weighted by Crippen LogP contribution is -2.65. The van der Waals surface area contributed by atoms with Crippen molar-refractivity contribution in [3.63, 3.8) is 0 Å². The van der Waals surface area contributed by atoms with E-state index in [4.69, 9.17) is 9.47 Å². The molecule has 3 heteroatoms. The minimum atomic E-state index is 0.0172. The van der Waals surface area contributed by atoms with Crippen LogP contribution in [0.3, 0.4) is 0 Å². The predicted octanol–water partition coefficient (Wildman–Crippen LogP) is 1.52. The van der Waals surface area contributed by atoms with E-state index >= 15 is 0 Å². The molecular formula is C13H23NO2. The first kappa shape index (κ1) is 11.0. The first-order valence-electron chi connectivity index (χ1n) is 6.52. The van der Waals surface area contributed by atoms with Crippen LogP contribution < -0.4 is 0 Å². The zero-order valence-corrected chi connectivity index (χ0v) is 10.6. The molecule has 0 spiro atoms. The second-order valence-electron chi connectivity index (χ2n) is 6.60. The fraction of sp³-hybridized carbons (Fsp3) is 1.00. The van der Waals surface area contributed by atoms with E-state index in [0.717, 1.165) is 25.0 Å². The van der Waals surface area contributed by atoms with E-state index in [1.165, 1.54) is 19.5 Å². The van der Waals surface area contributed by atoms with Crippen molar-refractivity contribution in [3.05, 3.63) is 0 Å². The Morgan fingerprint density at radius 3 is 2.19 bits per heavy atom. The van der Waals surface area contributed by atoms with Crippen molar-refractivity contribution in [2.75, 3.05) is 26.3 Å². The van der Waals surface area contributed by atoms with Crippen LogP contribution in [-0.2, 0) is 9.47 Å². The maximum absolute atomic E-state index is 6.16. The smallest absolute Gasteiger partial charge is 0.0663 e. The number of nitrogens with zero attached hydrogens (tertiary/aromatic N) is 1. The molecule has 3 nitrogen and oxygen atoms in total. The zero-order valence-electron chi connectivity index (χ0n) is 10.6. The first-order valence-corrected chi connectivity index (χ1v) is 6.52. The van der Waals surface area contributed by atoms with Gasteiger partial charge in [0.2, 0.25) is 0 Å². The van der Waals surface area contributed by atoms with Gasteiger partial charge in [-0.25, -0.2) is 0 Å². The second kappa shape index (κ2) is 3.69. The van der Waals surface area contributed by atoms with Crippen molar-refractivity contribution in [1.29, 1.82) is 0 Å². The summed E-state index contributed by atoms with van der Waals surface area (Å²) in [6.45, 7) is 10.8. The van der Waals surface area contributed by atoms with Gasteiger partial charge in [0.1, 0.15) is 0 Å². The van der Waals surface area contributed by atoms with E-state index < -0.39 is 0 Å². The van der Waals surface area contributed by atoms with Crippen LogP contribution in [0.25, 0.3) is 0 Å². The molecule has 16 heavy (non-hydrogen) atoms. The Balaban J connectivity index is 1.55. The Labute approximate surface area is 98.1 Å². The summed E-state index contributed by atoms with van der Waals surface area (Å²) >= 11 is 0. The molecule has 3 aliphatic heterocycles. The summed E-state index contributed by atoms with van der Waals surface area (Å²) < 4.78 is 11.4. The van der Waals surface area contributed by atoms with Gasteiger partial charge in [-0.1, -0.05) is 0 Å². The van der Waals surface area contributed by atoms with Gasteiger partial charge >= 0.3 is 0 Å². The van der Waals surface area contributed by atoms with Crippen molar-refractivity contribution >= 4 is 0 Å². The number of rotatable bonds is 2. The van der Waals surface area contributed by atoms with Gasteiger partial charge < -0.3 is 9.47 Å². The summed E-state index contributed by atoms with van der Waals surface area (Å²) in [7, 11) is 0. The molecule has 3 heterocycles. The lowest BCUT2D eigenvalue weighted by atomic mass is 9.67. The van der Waals surface area contributed by atoms with Gasteiger partial charge in [0.15, 0.2) is 0 Å². The van der Waals surface area contributed by atoms with Gasteiger partial charge in [0.25, 0.3) is 0 Å². The third-order valence-corrected chi connectivity index (χ3v) is 4.10. The number of hydrogen-bond acceptors (Lipinski definition) is 3. The fourth-order valence-corrected chi connectivity index (χ4v) is 3.21. The number of fused-ring (bicyclic) bond motifs is 2. The second-order valence-corrected chi connectivity index (χ2v) is 6.60. The molecule has 0 aromatic carbocycles. The minimum absolute atomic E-state index is 0.0172. The van der Waals surface area contributed by atoms with Crippen molar-refractivity contribution in [3.8, 4) is 0 Å². The molecule has 2 bridgehead atoms. The summed E-state index contributed by atoms with van der Waals surface area (Å²) in [6.07, 6.45) is 1.91. The van der Waals surface area contributed by atoms with Gasteiger partial charge in [-0.2, -0.15) is 0 Å². The molecule has 0 amide bonds. The van der Waals surface area contributed by atoms with Crippen molar-refractivity contribution in [2.24, 2.45) is 11.8 Å². The van der Waals surface area contributed by atoms with Crippen molar-refractivity contribution in [1.82, 2.24) is 4.90 Å². The maximum Gasteiger partial charge on any atom is 0.0663 e. The summed E-state index contributed by atoms with van der Waals surface area (Å²) in [6, 6.07) is 0.709. The summed E-state index contributed by atoms with van der Waals surface area (Å²) in [5, 5.41) is 0. The molecule has 1 saturated carbocycles. The maximum atomic E-state index is 6.16. The normalized spacial score (nSPS) is 40.3. The lowest BCUT2D eigenvalue weighted by Gasteiger charge is -2.57. The fourth-order valence-electron chi connectivity index (χ4n) is 3.21. The monoisotopic (exact) mass is 225 g/mol. The average Bonchev–Trinajstić information content (AvgIpc) is 2.10. The molecule has 0 aromatic heterocycles. The predicted molar refractivity (Wildman–Crippen MR) is 62.4 cm³/mol. The van der Waals surface area contributed by atoms with Crippen LogP contribution >= 0.6 is 0 Å². The molecular weight excluding hydrogens is 202 g/mol. The molecule has 0 N–H and O–H groups in total. The molecule has 4 aliphatic rings. The summed E-state index contributed by atoms with van der Waals surface area (Å²) in [5.41, 5.74) is 0.0172. The first-order chi connectivity index (χ1) is 7.53. The zero-order chi connectivity index (χ0) is 11.3. The average molecular weight is 225 g/mol. The highest BCUT2D eigenvalue weighted by molar-refractivity contribution is 5.01. The third kappa shape index (κ3) is 1.89. The summed E-state index contributed by atoms with van der Waals surface area (Å²) in [5.74, 6) is 1.55. The van der Waals surface area contributed by atoms with E-state index in [2.05, 4.69) is 25.7 Å². The number of piperidine rings is 2. The van der Waals surface area contributed by atoms with E-state index in [1.54, 1.807) is 0 Å². The van der Waals surface area contributed by atoms with Crippen LogP contribution in [-0.4, -0.2) is 49.0 Å². The van der Waals surface area contributed by atoms with E-state index in [-0.39, 0.29) is 5.60 Å².